The first-order valence-corrected chi connectivity index (χ1v) is 12.6. The quantitative estimate of drug-likeness (QED) is 0.500. The van der Waals surface area contributed by atoms with Gasteiger partial charge in [0.25, 0.3) is 0 Å². The van der Waals surface area contributed by atoms with E-state index in [4.69, 9.17) is 9.84 Å². The predicted molar refractivity (Wildman–Crippen MR) is 129 cm³/mol. The van der Waals surface area contributed by atoms with E-state index >= 15 is 0 Å². The Bertz CT molecular complexity index is 1270. The van der Waals surface area contributed by atoms with Crippen molar-refractivity contribution in [3.8, 4) is 17.0 Å². The van der Waals surface area contributed by atoms with Gasteiger partial charge >= 0.3 is 0 Å². The SMILES string of the molecule is COc1ccccc1-c1nn(Cc2ccccc2)cc1/C=C/C(=O)N(C)C1CCS(=O)(=O)C1. The third-order valence-corrected chi connectivity index (χ3v) is 7.60. The Kier molecular flexibility index (Phi) is 6.65. The molecular formula is C25H27N3O4S. The lowest BCUT2D eigenvalue weighted by atomic mass is 10.1. The van der Waals surface area contributed by atoms with E-state index in [0.717, 1.165) is 16.7 Å². The Balaban J connectivity index is 1.63. The molecule has 4 rings (SSSR count). The molecule has 0 aliphatic carbocycles. The minimum absolute atomic E-state index is 0.0184. The van der Waals surface area contributed by atoms with Gasteiger partial charge in [-0.05, 0) is 30.2 Å². The van der Waals surface area contributed by atoms with E-state index in [9.17, 15) is 13.2 Å². The highest BCUT2D eigenvalue weighted by Gasteiger charge is 2.32. The molecule has 0 bridgehead atoms. The summed E-state index contributed by atoms with van der Waals surface area (Å²) in [6.07, 6.45) is 5.59. The predicted octanol–water partition coefficient (Wildman–Crippen LogP) is 3.27. The lowest BCUT2D eigenvalue weighted by Crippen LogP contribution is -2.36. The van der Waals surface area contributed by atoms with Crippen LogP contribution in [0.1, 0.15) is 17.5 Å². The highest BCUT2D eigenvalue weighted by atomic mass is 32.2. The van der Waals surface area contributed by atoms with Gasteiger partial charge in [-0.25, -0.2) is 8.42 Å². The van der Waals surface area contributed by atoms with Crippen LogP contribution >= 0.6 is 0 Å². The fourth-order valence-electron chi connectivity index (χ4n) is 4.00. The second-order valence-corrected chi connectivity index (χ2v) is 10.4. The summed E-state index contributed by atoms with van der Waals surface area (Å²) in [4.78, 5) is 14.3. The van der Waals surface area contributed by atoms with Crippen molar-refractivity contribution in [3.63, 3.8) is 0 Å². The lowest BCUT2D eigenvalue weighted by Gasteiger charge is -2.21. The number of carbonyl (C=O) groups excluding carboxylic acids is 1. The van der Waals surface area contributed by atoms with Gasteiger partial charge in [0, 0.05) is 36.5 Å². The number of amides is 1. The van der Waals surface area contributed by atoms with Crippen LogP contribution in [-0.4, -0.2) is 60.7 Å². The van der Waals surface area contributed by atoms with Gasteiger partial charge in [-0.15, -0.1) is 0 Å². The fraction of sp³-hybridized carbons (Fsp3) is 0.280. The zero-order chi connectivity index (χ0) is 23.4. The molecule has 1 unspecified atom stereocenters. The third-order valence-electron chi connectivity index (χ3n) is 5.85. The largest absolute Gasteiger partial charge is 0.496 e. The van der Waals surface area contributed by atoms with Gasteiger partial charge in [0.15, 0.2) is 9.84 Å². The highest BCUT2D eigenvalue weighted by Crippen LogP contribution is 2.32. The minimum Gasteiger partial charge on any atom is -0.496 e. The number of likely N-dealkylation sites (N-methyl/N-ethyl adjacent to an activating group) is 1. The summed E-state index contributed by atoms with van der Waals surface area (Å²) in [6.45, 7) is 0.588. The molecule has 0 N–H and O–H groups in total. The second-order valence-electron chi connectivity index (χ2n) is 8.16. The first-order chi connectivity index (χ1) is 15.9. The Morgan fingerprint density at radius 3 is 2.61 bits per heavy atom. The Labute approximate surface area is 194 Å². The first-order valence-electron chi connectivity index (χ1n) is 10.8. The summed E-state index contributed by atoms with van der Waals surface area (Å²) in [5.74, 6) is 0.601. The number of rotatable bonds is 7. The van der Waals surface area contributed by atoms with E-state index in [1.807, 2.05) is 65.5 Å². The zero-order valence-corrected chi connectivity index (χ0v) is 19.5. The van der Waals surface area contributed by atoms with E-state index < -0.39 is 9.84 Å². The van der Waals surface area contributed by atoms with Crippen molar-refractivity contribution in [2.75, 3.05) is 25.7 Å². The molecule has 0 saturated carbocycles. The molecule has 0 spiro atoms. The van der Waals surface area contributed by atoms with Crippen LogP contribution in [0.4, 0.5) is 0 Å². The van der Waals surface area contributed by atoms with Crippen LogP contribution in [0.5, 0.6) is 5.75 Å². The van der Waals surface area contributed by atoms with Crippen LogP contribution < -0.4 is 4.74 Å². The maximum Gasteiger partial charge on any atom is 0.246 e. The normalized spacial score (nSPS) is 17.3. The summed E-state index contributed by atoms with van der Waals surface area (Å²) in [5, 5.41) is 4.78. The molecule has 33 heavy (non-hydrogen) atoms. The number of methoxy groups -OCH3 is 1. The molecule has 0 radical (unpaired) electrons. The molecule has 1 amide bonds. The number of nitrogens with zero attached hydrogens (tertiary/aromatic N) is 3. The Morgan fingerprint density at radius 1 is 1.18 bits per heavy atom. The summed E-state index contributed by atoms with van der Waals surface area (Å²) >= 11 is 0. The third kappa shape index (κ3) is 5.34. The van der Waals surface area contributed by atoms with Crippen LogP contribution in [0, 0.1) is 0 Å². The second kappa shape index (κ2) is 9.62. The van der Waals surface area contributed by atoms with Gasteiger partial charge in [0.1, 0.15) is 11.4 Å². The number of para-hydroxylation sites is 1. The molecule has 1 aliphatic heterocycles. The van der Waals surface area contributed by atoms with Gasteiger partial charge in [-0.1, -0.05) is 42.5 Å². The molecule has 8 heteroatoms. The standard InChI is InChI=1S/C25H27N3O4S/c1-27(21-14-15-33(30,31)18-21)24(29)13-12-20-17-28(16-19-8-4-3-5-9-19)26-25(20)22-10-6-7-11-23(22)32-2/h3-13,17,21H,14-16,18H2,1-2H3/b13-12+. The van der Waals surface area contributed by atoms with Crippen molar-refractivity contribution in [1.29, 1.82) is 0 Å². The van der Waals surface area contributed by atoms with Crippen LogP contribution in [-0.2, 0) is 21.2 Å². The molecule has 1 atom stereocenters. The molecule has 2 aromatic carbocycles. The molecule has 1 aromatic heterocycles. The number of benzene rings is 2. The first kappa shape index (κ1) is 22.8. The van der Waals surface area contributed by atoms with E-state index in [1.165, 1.54) is 11.0 Å². The Hall–Kier alpha value is -3.39. The van der Waals surface area contributed by atoms with Crippen molar-refractivity contribution in [1.82, 2.24) is 14.7 Å². The molecule has 3 aromatic rings. The van der Waals surface area contributed by atoms with Gasteiger partial charge in [-0.3, -0.25) is 9.48 Å². The van der Waals surface area contributed by atoms with E-state index in [1.54, 1.807) is 20.2 Å². The van der Waals surface area contributed by atoms with Crippen molar-refractivity contribution in [3.05, 3.63) is 78.0 Å². The van der Waals surface area contributed by atoms with Gasteiger partial charge in [-0.2, -0.15) is 5.10 Å². The topological polar surface area (TPSA) is 81.5 Å². The van der Waals surface area contributed by atoms with Gasteiger partial charge in [0.05, 0.1) is 25.2 Å². The lowest BCUT2D eigenvalue weighted by molar-refractivity contribution is -0.126. The minimum atomic E-state index is -3.06. The summed E-state index contributed by atoms with van der Waals surface area (Å²) in [5.41, 5.74) is 3.42. The molecule has 1 aliphatic rings. The van der Waals surface area contributed by atoms with Gasteiger partial charge < -0.3 is 9.64 Å². The van der Waals surface area contributed by atoms with E-state index in [-0.39, 0.29) is 23.5 Å². The number of hydrogen-bond donors (Lipinski definition) is 0. The Morgan fingerprint density at radius 2 is 1.91 bits per heavy atom. The number of aromatic nitrogens is 2. The smallest absolute Gasteiger partial charge is 0.246 e. The van der Waals surface area contributed by atoms with Crippen molar-refractivity contribution >= 4 is 21.8 Å². The van der Waals surface area contributed by atoms with Crippen LogP contribution in [0.15, 0.2) is 66.9 Å². The van der Waals surface area contributed by atoms with Crippen molar-refractivity contribution in [2.24, 2.45) is 0 Å². The number of hydrogen-bond acceptors (Lipinski definition) is 5. The maximum absolute atomic E-state index is 12.8. The average molecular weight is 466 g/mol. The van der Waals surface area contributed by atoms with Crippen LogP contribution in [0.3, 0.4) is 0 Å². The summed E-state index contributed by atoms with van der Waals surface area (Å²) in [6, 6.07) is 17.3. The fourth-order valence-corrected chi connectivity index (χ4v) is 5.77. The summed E-state index contributed by atoms with van der Waals surface area (Å²) < 4.78 is 30.9. The molecule has 1 saturated heterocycles. The zero-order valence-electron chi connectivity index (χ0n) is 18.7. The number of carbonyl (C=O) groups is 1. The number of sulfone groups is 1. The van der Waals surface area contributed by atoms with Gasteiger partial charge in [0.2, 0.25) is 5.91 Å². The maximum atomic E-state index is 12.8. The molecule has 2 heterocycles. The van der Waals surface area contributed by atoms with Crippen LogP contribution in [0.25, 0.3) is 17.3 Å². The van der Waals surface area contributed by atoms with E-state index in [2.05, 4.69) is 0 Å². The highest BCUT2D eigenvalue weighted by molar-refractivity contribution is 7.91. The molecule has 172 valence electrons. The van der Waals surface area contributed by atoms with Crippen LogP contribution in [0.2, 0.25) is 0 Å². The molecule has 1 fully saturated rings. The molecule has 7 nitrogen and oxygen atoms in total. The van der Waals surface area contributed by atoms with Crippen molar-refractivity contribution < 1.29 is 17.9 Å². The number of ether oxygens (including phenoxy) is 1. The summed E-state index contributed by atoms with van der Waals surface area (Å²) in [7, 11) is 0.202. The molecular weight excluding hydrogens is 438 g/mol. The van der Waals surface area contributed by atoms with Crippen molar-refractivity contribution in [2.45, 2.75) is 19.0 Å². The monoisotopic (exact) mass is 465 g/mol. The average Bonchev–Trinajstić information content (AvgIpc) is 3.39. The van der Waals surface area contributed by atoms with E-state index in [0.29, 0.717) is 24.4 Å².